The summed E-state index contributed by atoms with van der Waals surface area (Å²) in [6.45, 7) is 0. The van der Waals surface area contributed by atoms with Crippen molar-refractivity contribution >= 4 is 29.1 Å². The maximum absolute atomic E-state index is 11.5. The van der Waals surface area contributed by atoms with E-state index in [-0.39, 0.29) is 0 Å². The van der Waals surface area contributed by atoms with Gasteiger partial charge in [0.05, 0.1) is 0 Å². The molecule has 0 aliphatic carbocycles. The summed E-state index contributed by atoms with van der Waals surface area (Å²) >= 11 is 11.7. The Hall–Kier alpha value is -1.79. The zero-order valence-electron chi connectivity index (χ0n) is 10.8. The molecular weight excluding hydrogens is 313 g/mol. The van der Waals surface area contributed by atoms with E-state index in [0.717, 1.165) is 0 Å². The number of carbonyl (C=O) groups excluding carboxylic acids is 1. The molecule has 1 unspecified atom stereocenters. The lowest BCUT2D eigenvalue weighted by atomic mass is 10.1. The van der Waals surface area contributed by atoms with Gasteiger partial charge in [0, 0.05) is 16.1 Å². The number of primary amides is 1. The minimum absolute atomic E-state index is 0.490. The molecule has 2 aromatic rings. The number of amides is 1. The number of benzene rings is 2. The van der Waals surface area contributed by atoms with E-state index >= 15 is 0 Å². The molecule has 0 bridgehead atoms. The standard InChI is InChI=1S/C14H13Cl2N3O2/c15-10-4-1-3-9(7-10)13(14(17)20)18-19-21-12-6-2-5-11(16)8-12/h1-8,13,18-19H,(H2,17,20). The van der Waals surface area contributed by atoms with Crippen LogP contribution in [0.2, 0.25) is 10.0 Å². The lowest BCUT2D eigenvalue weighted by Crippen LogP contribution is -2.43. The Morgan fingerprint density at radius 3 is 2.38 bits per heavy atom. The molecule has 0 aliphatic heterocycles. The molecule has 1 amide bonds. The van der Waals surface area contributed by atoms with Crippen molar-refractivity contribution in [1.29, 1.82) is 0 Å². The lowest BCUT2D eigenvalue weighted by molar-refractivity contribution is -0.121. The van der Waals surface area contributed by atoms with Crippen LogP contribution < -0.4 is 21.6 Å². The zero-order valence-corrected chi connectivity index (χ0v) is 12.4. The van der Waals surface area contributed by atoms with Crippen LogP contribution in [0.3, 0.4) is 0 Å². The molecule has 2 rings (SSSR count). The first kappa shape index (κ1) is 15.6. The highest BCUT2D eigenvalue weighted by molar-refractivity contribution is 6.31. The number of hydrazine groups is 1. The van der Waals surface area contributed by atoms with Crippen LogP contribution in [0, 0.1) is 0 Å². The Labute approximate surface area is 131 Å². The fourth-order valence-corrected chi connectivity index (χ4v) is 2.06. The molecule has 5 nitrogen and oxygen atoms in total. The number of rotatable bonds is 6. The maximum atomic E-state index is 11.5. The second-order valence-corrected chi connectivity index (χ2v) is 5.07. The van der Waals surface area contributed by atoms with Gasteiger partial charge in [-0.2, -0.15) is 0 Å². The van der Waals surface area contributed by atoms with Gasteiger partial charge in [0.15, 0.2) is 0 Å². The predicted molar refractivity (Wildman–Crippen MR) is 81.7 cm³/mol. The van der Waals surface area contributed by atoms with Crippen molar-refractivity contribution in [2.45, 2.75) is 6.04 Å². The van der Waals surface area contributed by atoms with E-state index in [2.05, 4.69) is 11.0 Å². The van der Waals surface area contributed by atoms with E-state index in [4.69, 9.17) is 33.8 Å². The van der Waals surface area contributed by atoms with E-state index < -0.39 is 11.9 Å². The minimum Gasteiger partial charge on any atom is -0.394 e. The maximum Gasteiger partial charge on any atom is 0.240 e. The van der Waals surface area contributed by atoms with Gasteiger partial charge in [-0.15, -0.1) is 0 Å². The number of hydrogen-bond donors (Lipinski definition) is 3. The summed E-state index contributed by atoms with van der Waals surface area (Å²) in [5, 5.41) is 1.05. The fraction of sp³-hybridized carbons (Fsp3) is 0.0714. The Bertz CT molecular complexity index is 637. The zero-order chi connectivity index (χ0) is 15.2. The first-order valence-corrected chi connectivity index (χ1v) is 6.79. The van der Waals surface area contributed by atoms with Crippen molar-refractivity contribution in [3.8, 4) is 5.75 Å². The van der Waals surface area contributed by atoms with E-state index in [0.29, 0.717) is 21.4 Å². The summed E-state index contributed by atoms with van der Waals surface area (Å²) in [6, 6.07) is 12.8. The van der Waals surface area contributed by atoms with Crippen LogP contribution >= 0.6 is 23.2 Å². The number of carbonyl (C=O) groups is 1. The highest BCUT2D eigenvalue weighted by Gasteiger charge is 2.17. The van der Waals surface area contributed by atoms with Crippen molar-refractivity contribution in [2.24, 2.45) is 5.73 Å². The van der Waals surface area contributed by atoms with E-state index in [9.17, 15) is 4.79 Å². The van der Waals surface area contributed by atoms with Crippen molar-refractivity contribution < 1.29 is 9.63 Å². The number of nitrogens with one attached hydrogen (secondary N) is 2. The van der Waals surface area contributed by atoms with Gasteiger partial charge in [0.25, 0.3) is 0 Å². The van der Waals surface area contributed by atoms with Gasteiger partial charge in [-0.3, -0.25) is 4.79 Å². The SMILES string of the molecule is NC(=O)C(NNOc1cccc(Cl)c1)c1cccc(Cl)c1. The van der Waals surface area contributed by atoms with Gasteiger partial charge < -0.3 is 10.6 Å². The topological polar surface area (TPSA) is 76.4 Å². The second-order valence-electron chi connectivity index (χ2n) is 4.20. The highest BCUT2D eigenvalue weighted by atomic mass is 35.5. The average Bonchev–Trinajstić information content (AvgIpc) is 2.43. The van der Waals surface area contributed by atoms with Crippen LogP contribution in [0.5, 0.6) is 5.75 Å². The van der Waals surface area contributed by atoms with Gasteiger partial charge in [-0.25, -0.2) is 5.43 Å². The Kier molecular flexibility index (Phi) is 5.41. The summed E-state index contributed by atoms with van der Waals surface area (Å²) in [6.07, 6.45) is 0. The van der Waals surface area contributed by atoms with Crippen molar-refractivity contribution in [2.75, 3.05) is 0 Å². The van der Waals surface area contributed by atoms with Crippen molar-refractivity contribution in [3.63, 3.8) is 0 Å². The van der Waals surface area contributed by atoms with Crippen LogP contribution in [-0.2, 0) is 4.79 Å². The van der Waals surface area contributed by atoms with Crippen LogP contribution in [0.4, 0.5) is 0 Å². The molecule has 2 aromatic carbocycles. The van der Waals surface area contributed by atoms with Crippen LogP contribution in [0.1, 0.15) is 11.6 Å². The van der Waals surface area contributed by atoms with Crippen LogP contribution in [0.25, 0.3) is 0 Å². The first-order chi connectivity index (χ1) is 10.1. The molecular formula is C14H13Cl2N3O2. The van der Waals surface area contributed by atoms with Gasteiger partial charge in [0.1, 0.15) is 11.8 Å². The molecule has 7 heteroatoms. The van der Waals surface area contributed by atoms with Gasteiger partial charge >= 0.3 is 0 Å². The molecule has 0 spiro atoms. The molecule has 21 heavy (non-hydrogen) atoms. The molecule has 4 N–H and O–H groups in total. The second kappa shape index (κ2) is 7.28. The van der Waals surface area contributed by atoms with Crippen molar-refractivity contribution in [3.05, 3.63) is 64.1 Å². The Balaban J connectivity index is 1.99. The summed E-state index contributed by atoms with van der Waals surface area (Å²) in [5.74, 6) is -0.0798. The van der Waals surface area contributed by atoms with E-state index in [1.54, 1.807) is 48.5 Å². The van der Waals surface area contributed by atoms with Crippen LogP contribution in [-0.4, -0.2) is 5.91 Å². The smallest absolute Gasteiger partial charge is 0.240 e. The largest absolute Gasteiger partial charge is 0.394 e. The Morgan fingerprint density at radius 2 is 1.76 bits per heavy atom. The third kappa shape index (κ3) is 4.61. The Morgan fingerprint density at radius 1 is 1.10 bits per heavy atom. The monoisotopic (exact) mass is 325 g/mol. The molecule has 0 heterocycles. The summed E-state index contributed by atoms with van der Waals surface area (Å²) in [7, 11) is 0. The molecule has 110 valence electrons. The van der Waals surface area contributed by atoms with Crippen LogP contribution in [0.15, 0.2) is 48.5 Å². The third-order valence-electron chi connectivity index (χ3n) is 2.63. The molecule has 0 radical (unpaired) electrons. The van der Waals surface area contributed by atoms with Crippen molar-refractivity contribution in [1.82, 2.24) is 11.0 Å². The summed E-state index contributed by atoms with van der Waals surface area (Å²) in [4.78, 5) is 16.7. The lowest BCUT2D eigenvalue weighted by Gasteiger charge is -2.17. The number of hydrogen-bond acceptors (Lipinski definition) is 4. The quantitative estimate of drug-likeness (QED) is 0.713. The van der Waals surface area contributed by atoms with Gasteiger partial charge in [0.2, 0.25) is 5.91 Å². The van der Waals surface area contributed by atoms with Gasteiger partial charge in [-0.1, -0.05) is 47.0 Å². The first-order valence-electron chi connectivity index (χ1n) is 6.04. The predicted octanol–water partition coefficient (Wildman–Crippen LogP) is 2.61. The summed E-state index contributed by atoms with van der Waals surface area (Å²) in [5.41, 5.74) is 11.1. The molecule has 0 saturated carbocycles. The molecule has 0 fully saturated rings. The molecule has 0 aromatic heterocycles. The minimum atomic E-state index is -0.789. The molecule has 0 saturated heterocycles. The summed E-state index contributed by atoms with van der Waals surface area (Å²) < 4.78 is 0. The fourth-order valence-electron chi connectivity index (χ4n) is 1.68. The van der Waals surface area contributed by atoms with E-state index in [1.165, 1.54) is 0 Å². The third-order valence-corrected chi connectivity index (χ3v) is 3.10. The highest BCUT2D eigenvalue weighted by Crippen LogP contribution is 2.18. The molecule has 1 atom stereocenters. The van der Waals surface area contributed by atoms with Gasteiger partial charge in [-0.05, 0) is 29.8 Å². The number of nitrogens with two attached hydrogens (primary N) is 1. The van der Waals surface area contributed by atoms with E-state index in [1.807, 2.05) is 0 Å². The number of halogens is 2. The average molecular weight is 326 g/mol. The molecule has 0 aliphatic rings. The normalized spacial score (nSPS) is 11.9.